The smallest absolute Gasteiger partial charge is 0.267 e. The molecule has 0 aliphatic carbocycles. The molecule has 3 nitrogen and oxygen atoms in total. The number of halogens is 3. The summed E-state index contributed by atoms with van der Waals surface area (Å²) in [7, 11) is 0. The molecule has 0 unspecified atom stereocenters. The first kappa shape index (κ1) is 14.5. The largest absolute Gasteiger partial charge is 0.272 e. The molecule has 0 spiro atoms. The number of hydrogen-bond acceptors (Lipinski definition) is 2. The minimum absolute atomic E-state index is 0.232. The average Bonchev–Trinajstić information content (AvgIpc) is 2.43. The van der Waals surface area contributed by atoms with Crippen LogP contribution in [0, 0.1) is 5.82 Å². The average molecular weight is 311 g/mol. The Morgan fingerprint density at radius 3 is 2.55 bits per heavy atom. The molecule has 0 heterocycles. The van der Waals surface area contributed by atoms with Crippen LogP contribution >= 0.6 is 23.2 Å². The Kier molecular flexibility index (Phi) is 4.71. The van der Waals surface area contributed by atoms with Crippen molar-refractivity contribution in [2.75, 3.05) is 0 Å². The molecule has 20 heavy (non-hydrogen) atoms. The highest BCUT2D eigenvalue weighted by Crippen LogP contribution is 2.20. The summed E-state index contributed by atoms with van der Waals surface area (Å²) >= 11 is 11.7. The van der Waals surface area contributed by atoms with Gasteiger partial charge in [-0.1, -0.05) is 35.3 Å². The van der Waals surface area contributed by atoms with Gasteiger partial charge in [-0.3, -0.25) is 4.79 Å². The van der Waals surface area contributed by atoms with Crippen LogP contribution in [-0.2, 0) is 0 Å². The van der Waals surface area contributed by atoms with E-state index in [-0.39, 0.29) is 16.4 Å². The van der Waals surface area contributed by atoms with Crippen molar-refractivity contribution >= 4 is 35.3 Å². The first-order valence-electron chi connectivity index (χ1n) is 5.60. The Hall–Kier alpha value is -1.91. The van der Waals surface area contributed by atoms with E-state index < -0.39 is 5.91 Å². The zero-order valence-corrected chi connectivity index (χ0v) is 11.6. The number of amides is 1. The fourth-order valence-corrected chi connectivity index (χ4v) is 1.82. The summed E-state index contributed by atoms with van der Waals surface area (Å²) in [5.41, 5.74) is 3.21. The van der Waals surface area contributed by atoms with Gasteiger partial charge >= 0.3 is 0 Å². The molecule has 0 bridgehead atoms. The van der Waals surface area contributed by atoms with E-state index >= 15 is 0 Å². The van der Waals surface area contributed by atoms with E-state index in [1.54, 1.807) is 6.07 Å². The normalized spacial score (nSPS) is 10.8. The molecule has 0 saturated heterocycles. The van der Waals surface area contributed by atoms with Gasteiger partial charge in [0.15, 0.2) is 0 Å². The molecule has 2 aromatic rings. The topological polar surface area (TPSA) is 41.5 Å². The van der Waals surface area contributed by atoms with Crippen LogP contribution in [0.4, 0.5) is 4.39 Å². The number of rotatable bonds is 3. The lowest BCUT2D eigenvalue weighted by atomic mass is 10.2. The van der Waals surface area contributed by atoms with Crippen LogP contribution in [0.3, 0.4) is 0 Å². The van der Waals surface area contributed by atoms with Gasteiger partial charge < -0.3 is 0 Å². The van der Waals surface area contributed by atoms with Crippen molar-refractivity contribution in [1.82, 2.24) is 5.43 Å². The molecule has 0 radical (unpaired) electrons. The van der Waals surface area contributed by atoms with Crippen molar-refractivity contribution in [2.24, 2.45) is 5.10 Å². The molecule has 0 aliphatic rings. The molecule has 1 amide bonds. The predicted molar refractivity (Wildman–Crippen MR) is 77.9 cm³/mol. The third-order valence-electron chi connectivity index (χ3n) is 2.42. The highest BCUT2D eigenvalue weighted by Gasteiger charge is 2.09. The van der Waals surface area contributed by atoms with E-state index in [1.807, 2.05) is 0 Å². The second kappa shape index (κ2) is 6.50. The molecular formula is C14H9Cl2FN2O. The number of benzene rings is 2. The van der Waals surface area contributed by atoms with E-state index in [0.717, 1.165) is 0 Å². The maximum absolute atomic E-state index is 12.7. The van der Waals surface area contributed by atoms with E-state index in [0.29, 0.717) is 10.6 Å². The van der Waals surface area contributed by atoms with E-state index in [4.69, 9.17) is 23.2 Å². The lowest BCUT2D eigenvalue weighted by Gasteiger charge is -2.03. The fraction of sp³-hybridized carbons (Fsp3) is 0. The van der Waals surface area contributed by atoms with Gasteiger partial charge in [0.1, 0.15) is 5.82 Å². The zero-order chi connectivity index (χ0) is 14.5. The van der Waals surface area contributed by atoms with Crippen LogP contribution in [0.1, 0.15) is 15.9 Å². The van der Waals surface area contributed by atoms with Gasteiger partial charge in [-0.05, 0) is 35.9 Å². The molecule has 0 fully saturated rings. The summed E-state index contributed by atoms with van der Waals surface area (Å²) in [6.45, 7) is 0. The minimum atomic E-state index is -0.476. The number of hydrazone groups is 1. The minimum Gasteiger partial charge on any atom is -0.267 e. The molecule has 102 valence electrons. The highest BCUT2D eigenvalue weighted by molar-refractivity contribution is 6.35. The lowest BCUT2D eigenvalue weighted by Crippen LogP contribution is -2.18. The number of hydrogen-bond donors (Lipinski definition) is 1. The van der Waals surface area contributed by atoms with Crippen molar-refractivity contribution in [3.8, 4) is 0 Å². The van der Waals surface area contributed by atoms with Crippen molar-refractivity contribution in [3.05, 3.63) is 69.5 Å². The Morgan fingerprint density at radius 1 is 1.15 bits per heavy atom. The first-order valence-corrected chi connectivity index (χ1v) is 6.36. The molecule has 0 aromatic heterocycles. The molecule has 1 N–H and O–H groups in total. The van der Waals surface area contributed by atoms with Gasteiger partial charge in [0.2, 0.25) is 0 Å². The summed E-state index contributed by atoms with van der Waals surface area (Å²) in [6.07, 6.45) is 1.40. The summed E-state index contributed by atoms with van der Waals surface area (Å²) in [5.74, 6) is -0.812. The Balaban J connectivity index is 2.05. The maximum atomic E-state index is 12.7. The molecule has 0 atom stereocenters. The number of carbonyl (C=O) groups is 1. The lowest BCUT2D eigenvalue weighted by molar-refractivity contribution is 0.0955. The van der Waals surface area contributed by atoms with Crippen LogP contribution in [-0.4, -0.2) is 12.1 Å². The molecular weight excluding hydrogens is 302 g/mol. The van der Waals surface area contributed by atoms with E-state index in [2.05, 4.69) is 10.5 Å². The summed E-state index contributed by atoms with van der Waals surface area (Å²) in [6, 6.07) is 10.3. The van der Waals surface area contributed by atoms with Crippen molar-refractivity contribution in [2.45, 2.75) is 0 Å². The van der Waals surface area contributed by atoms with Crippen LogP contribution < -0.4 is 5.43 Å². The number of carbonyl (C=O) groups excluding carboxylic acids is 1. The summed E-state index contributed by atoms with van der Waals surface area (Å²) < 4.78 is 12.7. The van der Waals surface area contributed by atoms with E-state index in [9.17, 15) is 9.18 Å². The van der Waals surface area contributed by atoms with Crippen LogP contribution in [0.15, 0.2) is 47.6 Å². The van der Waals surface area contributed by atoms with Crippen molar-refractivity contribution in [3.63, 3.8) is 0 Å². The van der Waals surface area contributed by atoms with Gasteiger partial charge in [-0.25, -0.2) is 9.82 Å². The standard InChI is InChI=1S/C14H9Cl2FN2O/c15-10-3-6-13(16)12(7-10)14(20)19-18-8-9-1-4-11(17)5-2-9/h1-8H,(H,19,20)/b18-8-. The van der Waals surface area contributed by atoms with Gasteiger partial charge in [-0.2, -0.15) is 5.10 Å². The van der Waals surface area contributed by atoms with Gasteiger partial charge in [0, 0.05) is 5.02 Å². The second-order valence-corrected chi connectivity index (χ2v) is 4.72. The predicted octanol–water partition coefficient (Wildman–Crippen LogP) is 3.90. The summed E-state index contributed by atoms with van der Waals surface area (Å²) in [4.78, 5) is 11.8. The van der Waals surface area contributed by atoms with Crippen LogP contribution in [0.2, 0.25) is 10.0 Å². The second-order valence-electron chi connectivity index (χ2n) is 3.87. The highest BCUT2D eigenvalue weighted by atomic mass is 35.5. The SMILES string of the molecule is O=C(N/N=C\c1ccc(F)cc1)c1cc(Cl)ccc1Cl. The third kappa shape index (κ3) is 3.79. The van der Waals surface area contributed by atoms with Crippen molar-refractivity contribution < 1.29 is 9.18 Å². The zero-order valence-electron chi connectivity index (χ0n) is 10.1. The Bertz CT molecular complexity index is 657. The van der Waals surface area contributed by atoms with Crippen LogP contribution in [0.25, 0.3) is 0 Å². The molecule has 0 aliphatic heterocycles. The van der Waals surface area contributed by atoms with Crippen molar-refractivity contribution in [1.29, 1.82) is 0 Å². The quantitative estimate of drug-likeness (QED) is 0.678. The maximum Gasteiger partial charge on any atom is 0.272 e. The molecule has 2 aromatic carbocycles. The molecule has 6 heteroatoms. The van der Waals surface area contributed by atoms with Gasteiger partial charge in [-0.15, -0.1) is 0 Å². The number of nitrogens with zero attached hydrogens (tertiary/aromatic N) is 1. The Labute approximate surface area is 125 Å². The Morgan fingerprint density at radius 2 is 1.85 bits per heavy atom. The van der Waals surface area contributed by atoms with Crippen LogP contribution in [0.5, 0.6) is 0 Å². The fourth-order valence-electron chi connectivity index (χ4n) is 1.45. The van der Waals surface area contributed by atoms with Gasteiger partial charge in [0.25, 0.3) is 5.91 Å². The summed E-state index contributed by atoms with van der Waals surface area (Å²) in [5, 5.41) is 4.46. The first-order chi connectivity index (χ1) is 9.56. The number of nitrogens with one attached hydrogen (secondary N) is 1. The molecule has 0 saturated carbocycles. The monoisotopic (exact) mass is 310 g/mol. The van der Waals surface area contributed by atoms with E-state index in [1.165, 1.54) is 42.6 Å². The van der Waals surface area contributed by atoms with Gasteiger partial charge in [0.05, 0.1) is 16.8 Å². The third-order valence-corrected chi connectivity index (χ3v) is 2.99. The molecule has 2 rings (SSSR count).